The quantitative estimate of drug-likeness (QED) is 0.773. The van der Waals surface area contributed by atoms with Gasteiger partial charge < -0.3 is 14.8 Å². The second kappa shape index (κ2) is 5.14. The summed E-state index contributed by atoms with van der Waals surface area (Å²) in [5.41, 5.74) is 0. The van der Waals surface area contributed by atoms with Gasteiger partial charge in [0.2, 0.25) is 0 Å². The molecule has 1 N–H and O–H groups in total. The van der Waals surface area contributed by atoms with E-state index in [1.807, 2.05) is 0 Å². The molecule has 5 nitrogen and oxygen atoms in total. The van der Waals surface area contributed by atoms with Crippen LogP contribution in [0.15, 0.2) is 0 Å². The fraction of sp³-hybridized carbons (Fsp3) is 0.923. The zero-order valence-corrected chi connectivity index (χ0v) is 10.7. The van der Waals surface area contributed by atoms with Crippen LogP contribution < -0.4 is 5.32 Å². The molecule has 2 atom stereocenters. The molecule has 3 aliphatic rings. The zero-order chi connectivity index (χ0) is 12.4. The molecule has 0 bridgehead atoms. The van der Waals surface area contributed by atoms with Crippen LogP contribution in [-0.2, 0) is 9.47 Å². The van der Waals surface area contributed by atoms with Gasteiger partial charge in [-0.3, -0.25) is 4.90 Å². The van der Waals surface area contributed by atoms with Gasteiger partial charge >= 0.3 is 0 Å². The lowest BCUT2D eigenvalue weighted by Gasteiger charge is -2.33. The van der Waals surface area contributed by atoms with E-state index in [1.54, 1.807) is 0 Å². The molecule has 5 heteroatoms. The van der Waals surface area contributed by atoms with E-state index in [0.717, 1.165) is 39.0 Å². The average Bonchev–Trinajstić information content (AvgIpc) is 3.01. The van der Waals surface area contributed by atoms with E-state index in [0.29, 0.717) is 6.61 Å². The molecule has 100 valence electrons. The number of hydrogen-bond acceptors (Lipinski definition) is 5. The number of piperazine rings is 1. The number of ether oxygens (including phenoxy) is 2. The maximum Gasteiger partial charge on any atom is 0.168 e. The maximum absolute atomic E-state index is 9.14. The van der Waals surface area contributed by atoms with E-state index >= 15 is 0 Å². The van der Waals surface area contributed by atoms with Gasteiger partial charge in [-0.2, -0.15) is 5.26 Å². The Bertz CT molecular complexity index is 336. The Morgan fingerprint density at radius 1 is 1.39 bits per heavy atom. The van der Waals surface area contributed by atoms with E-state index in [4.69, 9.17) is 14.7 Å². The first-order valence-electron chi connectivity index (χ1n) is 6.97. The van der Waals surface area contributed by atoms with Crippen LogP contribution in [0.2, 0.25) is 0 Å². The van der Waals surface area contributed by atoms with E-state index in [2.05, 4.69) is 16.3 Å². The minimum Gasteiger partial charge on any atom is -0.347 e. The summed E-state index contributed by atoms with van der Waals surface area (Å²) < 4.78 is 12.0. The molecule has 3 fully saturated rings. The zero-order valence-electron chi connectivity index (χ0n) is 10.7. The molecule has 2 aliphatic heterocycles. The van der Waals surface area contributed by atoms with Gasteiger partial charge in [-0.25, -0.2) is 0 Å². The normalized spacial score (nSPS) is 35.9. The van der Waals surface area contributed by atoms with Crippen molar-refractivity contribution in [2.45, 2.75) is 43.6 Å². The molecule has 0 radical (unpaired) electrons. The van der Waals surface area contributed by atoms with Gasteiger partial charge in [0.1, 0.15) is 6.04 Å². The smallest absolute Gasteiger partial charge is 0.168 e. The van der Waals surface area contributed by atoms with Gasteiger partial charge in [-0.1, -0.05) is 0 Å². The third kappa shape index (κ3) is 2.39. The molecule has 18 heavy (non-hydrogen) atoms. The van der Waals surface area contributed by atoms with Crippen molar-refractivity contribution in [3.63, 3.8) is 0 Å². The largest absolute Gasteiger partial charge is 0.347 e. The molecule has 1 saturated carbocycles. The minimum atomic E-state index is -0.277. The number of nitrogens with one attached hydrogen (secondary N) is 1. The summed E-state index contributed by atoms with van der Waals surface area (Å²) in [6.07, 6.45) is 4.62. The highest BCUT2D eigenvalue weighted by atomic mass is 16.7. The third-order valence-corrected chi connectivity index (χ3v) is 4.22. The fourth-order valence-electron chi connectivity index (χ4n) is 3.24. The molecule has 2 heterocycles. The molecule has 2 unspecified atom stereocenters. The van der Waals surface area contributed by atoms with Crippen LogP contribution >= 0.6 is 0 Å². The van der Waals surface area contributed by atoms with Crippen LogP contribution in [0, 0.1) is 11.3 Å². The lowest BCUT2D eigenvalue weighted by atomic mass is 10.2. The Balaban J connectivity index is 1.55. The highest BCUT2D eigenvalue weighted by molar-refractivity contribution is 4.97. The van der Waals surface area contributed by atoms with Gasteiger partial charge in [0, 0.05) is 39.0 Å². The van der Waals surface area contributed by atoms with Crippen molar-refractivity contribution in [2.75, 3.05) is 32.8 Å². The Hall–Kier alpha value is -0.670. The second-order valence-corrected chi connectivity index (χ2v) is 5.51. The van der Waals surface area contributed by atoms with Crippen LogP contribution in [0.4, 0.5) is 0 Å². The van der Waals surface area contributed by atoms with E-state index in [1.165, 1.54) is 12.8 Å². The summed E-state index contributed by atoms with van der Waals surface area (Å²) in [6.45, 7) is 4.14. The second-order valence-electron chi connectivity index (χ2n) is 5.51. The Morgan fingerprint density at radius 2 is 2.22 bits per heavy atom. The average molecular weight is 251 g/mol. The van der Waals surface area contributed by atoms with Crippen LogP contribution in [-0.4, -0.2) is 55.6 Å². The van der Waals surface area contributed by atoms with E-state index in [-0.39, 0.29) is 17.9 Å². The highest BCUT2D eigenvalue weighted by Gasteiger charge is 2.44. The van der Waals surface area contributed by atoms with Crippen molar-refractivity contribution in [1.82, 2.24) is 10.2 Å². The standard InChI is InChI=1S/C13H21N3O2/c14-7-11-8-15-5-6-16(11)9-12-10-17-13(18-12)3-1-2-4-13/h11-12,15H,1-6,8-10H2. The number of hydrogen-bond donors (Lipinski definition) is 1. The van der Waals surface area contributed by atoms with Crippen molar-refractivity contribution >= 4 is 0 Å². The van der Waals surface area contributed by atoms with Crippen molar-refractivity contribution < 1.29 is 9.47 Å². The van der Waals surface area contributed by atoms with Gasteiger partial charge in [0.15, 0.2) is 5.79 Å². The first-order valence-corrected chi connectivity index (χ1v) is 6.97. The first-order chi connectivity index (χ1) is 8.81. The topological polar surface area (TPSA) is 57.5 Å². The molecule has 0 aromatic rings. The van der Waals surface area contributed by atoms with Gasteiger partial charge in [-0.05, 0) is 12.8 Å². The summed E-state index contributed by atoms with van der Waals surface area (Å²) in [7, 11) is 0. The van der Waals surface area contributed by atoms with Crippen LogP contribution in [0.1, 0.15) is 25.7 Å². The van der Waals surface area contributed by atoms with Crippen LogP contribution in [0.3, 0.4) is 0 Å². The highest BCUT2D eigenvalue weighted by Crippen LogP contribution is 2.39. The summed E-state index contributed by atoms with van der Waals surface area (Å²) in [6, 6.07) is 2.33. The SMILES string of the molecule is N#CC1CNCCN1CC1COC2(CCCC2)O1. The summed E-state index contributed by atoms with van der Waals surface area (Å²) in [5.74, 6) is -0.277. The van der Waals surface area contributed by atoms with E-state index in [9.17, 15) is 0 Å². The van der Waals surface area contributed by atoms with Crippen molar-refractivity contribution in [3.8, 4) is 6.07 Å². The summed E-state index contributed by atoms with van der Waals surface area (Å²) in [4.78, 5) is 2.22. The lowest BCUT2D eigenvalue weighted by Crippen LogP contribution is -2.53. The predicted octanol–water partition coefficient (Wildman–Crippen LogP) is 0.469. The van der Waals surface area contributed by atoms with Gasteiger partial charge in [0.25, 0.3) is 0 Å². The minimum absolute atomic E-state index is 0.0255. The molecule has 0 amide bonds. The summed E-state index contributed by atoms with van der Waals surface area (Å²) >= 11 is 0. The molecule has 0 aromatic carbocycles. The van der Waals surface area contributed by atoms with Crippen molar-refractivity contribution in [3.05, 3.63) is 0 Å². The van der Waals surface area contributed by atoms with Crippen LogP contribution in [0.25, 0.3) is 0 Å². The fourth-order valence-corrected chi connectivity index (χ4v) is 3.24. The van der Waals surface area contributed by atoms with Gasteiger partial charge in [0.05, 0.1) is 18.8 Å². The first kappa shape index (κ1) is 12.4. The van der Waals surface area contributed by atoms with Crippen molar-refractivity contribution in [1.29, 1.82) is 5.26 Å². The molecule has 1 spiro atoms. The number of nitriles is 1. The third-order valence-electron chi connectivity index (χ3n) is 4.22. The number of rotatable bonds is 2. The van der Waals surface area contributed by atoms with Gasteiger partial charge in [-0.15, -0.1) is 0 Å². The summed E-state index contributed by atoms with van der Waals surface area (Å²) in [5, 5.41) is 12.4. The molecule has 3 rings (SSSR count). The maximum atomic E-state index is 9.14. The Morgan fingerprint density at radius 3 is 3.00 bits per heavy atom. The molecule has 1 aliphatic carbocycles. The van der Waals surface area contributed by atoms with E-state index < -0.39 is 0 Å². The lowest BCUT2D eigenvalue weighted by molar-refractivity contribution is -0.163. The van der Waals surface area contributed by atoms with Crippen LogP contribution in [0.5, 0.6) is 0 Å². The molecule has 2 saturated heterocycles. The monoisotopic (exact) mass is 251 g/mol. The predicted molar refractivity (Wildman–Crippen MR) is 65.9 cm³/mol. The molecular formula is C13H21N3O2. The Kier molecular flexibility index (Phi) is 3.53. The molecule has 0 aromatic heterocycles. The Labute approximate surface area is 108 Å². The van der Waals surface area contributed by atoms with Crippen molar-refractivity contribution in [2.24, 2.45) is 0 Å². The molecular weight excluding hydrogens is 230 g/mol. The number of nitrogens with zero attached hydrogens (tertiary/aromatic N) is 2.